The number of carboxylic acids is 1. The largest absolute Gasteiger partial charge is 0.495 e. The molecule has 0 amide bonds. The molecule has 0 atom stereocenters. The van der Waals surface area contributed by atoms with E-state index in [2.05, 4.69) is 0 Å². The number of fused-ring (bicyclic) bond motifs is 1. The van der Waals surface area contributed by atoms with Crippen LogP contribution in [0.15, 0.2) is 66.9 Å². The molecule has 4 aromatic rings. The first-order valence-corrected chi connectivity index (χ1v) is 11.9. The highest BCUT2D eigenvalue weighted by Crippen LogP contribution is 2.30. The minimum absolute atomic E-state index is 0.0561. The molecule has 0 saturated heterocycles. The van der Waals surface area contributed by atoms with Crippen molar-refractivity contribution in [2.75, 3.05) is 13.4 Å². The second-order valence-electron chi connectivity index (χ2n) is 7.68. The molecule has 0 radical (unpaired) electrons. The van der Waals surface area contributed by atoms with Crippen LogP contribution in [0.4, 0.5) is 0 Å². The Bertz CT molecular complexity index is 1410. The van der Waals surface area contributed by atoms with Gasteiger partial charge in [-0.05, 0) is 35.4 Å². The van der Waals surface area contributed by atoms with Gasteiger partial charge in [0, 0.05) is 23.8 Å². The Kier molecular flexibility index (Phi) is 5.71. The van der Waals surface area contributed by atoms with E-state index in [1.54, 1.807) is 30.0 Å². The van der Waals surface area contributed by atoms with Crippen LogP contribution in [0, 0.1) is 0 Å². The zero-order valence-electron chi connectivity index (χ0n) is 17.6. The van der Waals surface area contributed by atoms with E-state index < -0.39 is 15.8 Å². The fourth-order valence-corrected chi connectivity index (χ4v) is 4.56. The van der Waals surface area contributed by atoms with E-state index in [0.717, 1.165) is 28.6 Å². The van der Waals surface area contributed by atoms with Gasteiger partial charge >= 0.3 is 5.97 Å². The van der Waals surface area contributed by atoms with E-state index in [0.29, 0.717) is 23.3 Å². The number of hydrogen-bond acceptors (Lipinski definition) is 5. The molecule has 1 N–H and O–H groups in total. The molecule has 4 rings (SSSR count). The van der Waals surface area contributed by atoms with Crippen molar-refractivity contribution in [1.29, 1.82) is 0 Å². The van der Waals surface area contributed by atoms with Gasteiger partial charge in [0.05, 0.1) is 35.8 Å². The number of nitrogens with zero attached hydrogens (tertiary/aromatic N) is 2. The smallest absolute Gasteiger partial charge is 0.335 e. The molecule has 0 unspecified atom stereocenters. The van der Waals surface area contributed by atoms with Crippen LogP contribution in [0.25, 0.3) is 16.8 Å². The number of ether oxygens (including phenoxy) is 1. The van der Waals surface area contributed by atoms with Crippen molar-refractivity contribution >= 4 is 21.3 Å². The molecule has 0 saturated carbocycles. The SMILES string of the molecule is COc1ccc2c(Cc3cc(CS(C)(=O)=O)cc(C(=O)O)c3)c(-c3ccccc3)nn2c1. The van der Waals surface area contributed by atoms with Crippen molar-refractivity contribution in [1.82, 2.24) is 9.61 Å². The third-order valence-corrected chi connectivity index (χ3v) is 5.95. The van der Waals surface area contributed by atoms with Crippen LogP contribution in [0.2, 0.25) is 0 Å². The molecule has 32 heavy (non-hydrogen) atoms. The minimum atomic E-state index is -3.32. The Morgan fingerprint density at radius 2 is 1.78 bits per heavy atom. The number of benzene rings is 2. The lowest BCUT2D eigenvalue weighted by Gasteiger charge is -2.09. The molecule has 164 valence electrons. The topological polar surface area (TPSA) is 98.0 Å². The molecule has 0 fully saturated rings. The fourth-order valence-electron chi connectivity index (χ4n) is 3.78. The lowest BCUT2D eigenvalue weighted by molar-refractivity contribution is 0.0696. The fraction of sp³-hybridized carbons (Fsp3) is 0.167. The summed E-state index contributed by atoms with van der Waals surface area (Å²) in [6.45, 7) is 0. The van der Waals surface area contributed by atoms with E-state index in [4.69, 9.17) is 9.84 Å². The van der Waals surface area contributed by atoms with E-state index in [1.165, 1.54) is 6.07 Å². The molecular formula is C24H22N2O5S. The van der Waals surface area contributed by atoms with E-state index in [1.807, 2.05) is 42.5 Å². The first-order valence-electron chi connectivity index (χ1n) is 9.88. The average Bonchev–Trinajstić information content (AvgIpc) is 3.10. The van der Waals surface area contributed by atoms with Crippen LogP contribution in [0.3, 0.4) is 0 Å². The van der Waals surface area contributed by atoms with Crippen LogP contribution < -0.4 is 4.74 Å². The third-order valence-electron chi connectivity index (χ3n) is 5.10. The van der Waals surface area contributed by atoms with Crippen molar-refractivity contribution < 1.29 is 23.1 Å². The zero-order valence-corrected chi connectivity index (χ0v) is 18.5. The molecule has 2 aromatic carbocycles. The van der Waals surface area contributed by atoms with Crippen LogP contribution in [-0.4, -0.2) is 42.5 Å². The van der Waals surface area contributed by atoms with Gasteiger partial charge in [-0.2, -0.15) is 5.10 Å². The Morgan fingerprint density at radius 3 is 2.44 bits per heavy atom. The summed E-state index contributed by atoms with van der Waals surface area (Å²) in [5.74, 6) is -0.664. The summed E-state index contributed by atoms with van der Waals surface area (Å²) in [7, 11) is -1.73. The number of carbonyl (C=O) groups is 1. The van der Waals surface area contributed by atoms with Crippen molar-refractivity contribution in [2.45, 2.75) is 12.2 Å². The highest BCUT2D eigenvalue weighted by molar-refractivity contribution is 7.89. The summed E-state index contributed by atoms with van der Waals surface area (Å²) >= 11 is 0. The number of rotatable bonds is 7. The van der Waals surface area contributed by atoms with Crippen LogP contribution in [0.1, 0.15) is 27.0 Å². The molecular weight excluding hydrogens is 428 g/mol. The highest BCUT2D eigenvalue weighted by Gasteiger charge is 2.18. The maximum atomic E-state index is 11.8. The lowest BCUT2D eigenvalue weighted by Crippen LogP contribution is -2.05. The monoisotopic (exact) mass is 450 g/mol. The maximum absolute atomic E-state index is 11.8. The number of pyridine rings is 1. The Hall–Kier alpha value is -3.65. The van der Waals surface area contributed by atoms with Gasteiger partial charge in [0.2, 0.25) is 0 Å². The highest BCUT2D eigenvalue weighted by atomic mass is 32.2. The second-order valence-corrected chi connectivity index (χ2v) is 9.82. The average molecular weight is 451 g/mol. The summed E-state index contributed by atoms with van der Waals surface area (Å²) in [5, 5.41) is 14.3. The van der Waals surface area contributed by atoms with Crippen molar-refractivity contribution in [3.8, 4) is 17.0 Å². The molecule has 8 heteroatoms. The van der Waals surface area contributed by atoms with Gasteiger partial charge in [-0.3, -0.25) is 0 Å². The van der Waals surface area contributed by atoms with E-state index in [-0.39, 0.29) is 11.3 Å². The van der Waals surface area contributed by atoms with Gasteiger partial charge in [0.1, 0.15) is 5.75 Å². The van der Waals surface area contributed by atoms with Gasteiger partial charge in [-0.1, -0.05) is 36.4 Å². The molecule has 0 aliphatic carbocycles. The number of hydrogen-bond donors (Lipinski definition) is 1. The van der Waals surface area contributed by atoms with Crippen molar-refractivity contribution in [2.24, 2.45) is 0 Å². The number of carboxylic acid groups (broad SMARTS) is 1. The normalized spacial score (nSPS) is 11.6. The molecule has 0 aliphatic rings. The maximum Gasteiger partial charge on any atom is 0.335 e. The van der Waals surface area contributed by atoms with Crippen molar-refractivity contribution in [3.05, 3.63) is 89.1 Å². The first-order chi connectivity index (χ1) is 15.2. The summed E-state index contributed by atoms with van der Waals surface area (Å²) in [5.41, 5.74) is 4.66. The minimum Gasteiger partial charge on any atom is -0.495 e. The van der Waals surface area contributed by atoms with Gasteiger partial charge in [-0.25, -0.2) is 17.7 Å². The molecule has 0 spiro atoms. The quantitative estimate of drug-likeness (QED) is 0.459. The number of methoxy groups -OCH3 is 1. The molecule has 7 nitrogen and oxygen atoms in total. The van der Waals surface area contributed by atoms with Crippen LogP contribution in [-0.2, 0) is 22.0 Å². The predicted molar refractivity (Wildman–Crippen MR) is 122 cm³/mol. The lowest BCUT2D eigenvalue weighted by atomic mass is 9.97. The summed E-state index contributed by atoms with van der Waals surface area (Å²) in [6.07, 6.45) is 3.30. The van der Waals surface area contributed by atoms with E-state index in [9.17, 15) is 18.3 Å². The Balaban J connectivity index is 1.87. The van der Waals surface area contributed by atoms with Gasteiger partial charge in [0.15, 0.2) is 9.84 Å². The van der Waals surface area contributed by atoms with Crippen LogP contribution in [0.5, 0.6) is 5.75 Å². The van der Waals surface area contributed by atoms with Gasteiger partial charge in [-0.15, -0.1) is 0 Å². The molecule has 2 heterocycles. The first kappa shape index (κ1) is 21.6. The van der Waals surface area contributed by atoms with Crippen molar-refractivity contribution in [3.63, 3.8) is 0 Å². The summed E-state index contributed by atoms with van der Waals surface area (Å²) in [6, 6.07) is 18.2. The standard InChI is InChI=1S/C24H22N2O5S/c1-31-20-8-9-22-21(23(25-26(22)14-20)18-6-4-3-5-7-18)13-16-10-17(15-32(2,29)30)12-19(11-16)24(27)28/h3-12,14H,13,15H2,1-2H3,(H,27,28). The predicted octanol–water partition coefficient (Wildman–Crippen LogP) is 3.84. The summed E-state index contributed by atoms with van der Waals surface area (Å²) < 4.78 is 30.7. The number of aromatic nitrogens is 2. The third kappa shape index (κ3) is 4.65. The van der Waals surface area contributed by atoms with E-state index >= 15 is 0 Å². The number of sulfone groups is 1. The van der Waals surface area contributed by atoms with Gasteiger partial charge < -0.3 is 9.84 Å². The zero-order chi connectivity index (χ0) is 22.9. The summed E-state index contributed by atoms with van der Waals surface area (Å²) in [4.78, 5) is 11.7. The Morgan fingerprint density at radius 1 is 1.06 bits per heavy atom. The molecule has 2 aromatic heterocycles. The Labute approximate surface area is 185 Å². The van der Waals surface area contributed by atoms with Gasteiger partial charge in [0.25, 0.3) is 0 Å². The number of aromatic carboxylic acids is 1. The molecule has 0 aliphatic heterocycles. The molecule has 0 bridgehead atoms. The second kappa shape index (κ2) is 8.47. The van der Waals surface area contributed by atoms with Crippen LogP contribution >= 0.6 is 0 Å².